The second-order valence-electron chi connectivity index (χ2n) is 8.17. The zero-order valence-corrected chi connectivity index (χ0v) is 22.0. The highest BCUT2D eigenvalue weighted by atomic mass is 16.2. The molecule has 1 rings (SSSR count). The van der Waals surface area contributed by atoms with Gasteiger partial charge < -0.3 is 20.7 Å². The highest BCUT2D eigenvalue weighted by Crippen LogP contribution is 2.19. The van der Waals surface area contributed by atoms with Crippen LogP contribution in [0, 0.1) is 12.8 Å². The quantitative estimate of drug-likeness (QED) is 0.212. The Kier molecular flexibility index (Phi) is 22.0. The van der Waals surface area contributed by atoms with E-state index in [0.29, 0.717) is 6.41 Å². The molecule has 0 aliphatic heterocycles. The molecule has 8 heteroatoms. The summed E-state index contributed by atoms with van der Waals surface area (Å²) < 4.78 is 0. The van der Waals surface area contributed by atoms with Crippen molar-refractivity contribution in [3.05, 3.63) is 29.3 Å². The van der Waals surface area contributed by atoms with Crippen molar-refractivity contribution >= 4 is 30.1 Å². The summed E-state index contributed by atoms with van der Waals surface area (Å²) in [5.74, 6) is -0.108. The Morgan fingerprint density at radius 2 is 1.76 bits per heavy atom. The van der Waals surface area contributed by atoms with E-state index in [1.54, 1.807) is 6.92 Å². The van der Waals surface area contributed by atoms with Gasteiger partial charge in [-0.15, -0.1) is 0 Å². The molecule has 0 spiro atoms. The average molecular weight is 479 g/mol. The minimum atomic E-state index is -0.183. The van der Waals surface area contributed by atoms with Crippen LogP contribution in [-0.4, -0.2) is 62.5 Å². The highest BCUT2D eigenvalue weighted by molar-refractivity contribution is 5.96. The third-order valence-electron chi connectivity index (χ3n) is 5.11. The second kappa shape index (κ2) is 22.2. The van der Waals surface area contributed by atoms with Gasteiger partial charge in [0.1, 0.15) is 6.29 Å². The van der Waals surface area contributed by atoms with Gasteiger partial charge >= 0.3 is 0 Å². The van der Waals surface area contributed by atoms with Gasteiger partial charge in [-0.05, 0) is 84.8 Å². The molecule has 34 heavy (non-hydrogen) atoms. The normalized spacial score (nSPS) is 10.7. The van der Waals surface area contributed by atoms with Gasteiger partial charge in [0.25, 0.3) is 0 Å². The molecule has 0 fully saturated rings. The number of amides is 2. The summed E-state index contributed by atoms with van der Waals surface area (Å²) in [6.45, 7) is 12.7. The molecule has 0 bridgehead atoms. The number of aldehydes is 1. The summed E-state index contributed by atoms with van der Waals surface area (Å²) >= 11 is 0. The Labute approximate surface area is 206 Å². The Morgan fingerprint density at radius 3 is 2.29 bits per heavy atom. The molecule has 1 unspecified atom stereocenters. The molecule has 1 aromatic carbocycles. The number of benzene rings is 1. The number of ketones is 1. The van der Waals surface area contributed by atoms with Crippen LogP contribution >= 0.6 is 0 Å². The number of nitrogens with two attached hydrogens (primary N) is 1. The van der Waals surface area contributed by atoms with Gasteiger partial charge in [-0.1, -0.05) is 32.4 Å². The van der Waals surface area contributed by atoms with Gasteiger partial charge in [-0.25, -0.2) is 0 Å². The Morgan fingerprint density at radius 1 is 1.15 bits per heavy atom. The summed E-state index contributed by atoms with van der Waals surface area (Å²) in [5.41, 5.74) is 8.41. The van der Waals surface area contributed by atoms with Crippen LogP contribution in [0.3, 0.4) is 0 Å². The molecule has 194 valence electrons. The Bertz CT molecular complexity index is 710. The fourth-order valence-electron chi connectivity index (χ4n) is 3.18. The van der Waals surface area contributed by atoms with Crippen molar-refractivity contribution in [1.82, 2.24) is 10.2 Å². The van der Waals surface area contributed by atoms with Crippen molar-refractivity contribution in [3.8, 4) is 0 Å². The van der Waals surface area contributed by atoms with Crippen LogP contribution < -0.4 is 16.4 Å². The maximum absolute atomic E-state index is 11.5. The van der Waals surface area contributed by atoms with Crippen molar-refractivity contribution in [3.63, 3.8) is 0 Å². The van der Waals surface area contributed by atoms with Gasteiger partial charge in [-0.2, -0.15) is 0 Å². The highest BCUT2D eigenvalue weighted by Gasteiger charge is 2.09. The molecular weight excluding hydrogens is 432 g/mol. The molecule has 2 amide bonds. The first kappa shape index (κ1) is 33.6. The van der Waals surface area contributed by atoms with E-state index in [1.807, 2.05) is 39.0 Å². The molecule has 0 aliphatic carbocycles. The zero-order valence-electron chi connectivity index (χ0n) is 22.0. The summed E-state index contributed by atoms with van der Waals surface area (Å²) in [4.78, 5) is 43.3. The summed E-state index contributed by atoms with van der Waals surface area (Å²) in [6.07, 6.45) is 6.32. The van der Waals surface area contributed by atoms with Crippen LogP contribution in [0.2, 0.25) is 0 Å². The maximum Gasteiger partial charge on any atom is 0.229 e. The van der Waals surface area contributed by atoms with E-state index in [1.165, 1.54) is 13.3 Å². The third kappa shape index (κ3) is 17.0. The van der Waals surface area contributed by atoms with Crippen LogP contribution in [0.5, 0.6) is 0 Å². The van der Waals surface area contributed by atoms with E-state index in [9.17, 15) is 14.4 Å². The number of hydrogen-bond donors (Lipinski definition) is 3. The number of hydrogen-bond acceptors (Lipinski definition) is 7. The Balaban J connectivity index is 0. The van der Waals surface area contributed by atoms with Gasteiger partial charge in [0.05, 0.1) is 0 Å². The number of Topliss-reactive ketones (excluding diaryl/α,β-unsaturated/α-hetero) is 1. The van der Waals surface area contributed by atoms with Crippen LogP contribution in [0.15, 0.2) is 18.2 Å². The second-order valence-corrected chi connectivity index (χ2v) is 8.17. The van der Waals surface area contributed by atoms with Gasteiger partial charge in [0.15, 0.2) is 5.78 Å². The largest absolute Gasteiger partial charge is 0.385 e. The zero-order chi connectivity index (χ0) is 26.4. The third-order valence-corrected chi connectivity index (χ3v) is 5.11. The fraction of sp³-hybridized carbons (Fsp3) is 0.615. The minimum Gasteiger partial charge on any atom is -0.385 e. The molecule has 1 aromatic rings. The number of carbonyl (C=O) groups excluding carboxylic acids is 4. The first-order valence-corrected chi connectivity index (χ1v) is 12.1. The summed E-state index contributed by atoms with van der Waals surface area (Å²) in [6, 6.07) is 5.85. The van der Waals surface area contributed by atoms with E-state index in [-0.39, 0.29) is 17.6 Å². The lowest BCUT2D eigenvalue weighted by atomic mass is 10.0. The number of nitrogens with one attached hydrogen (secondary N) is 2. The molecule has 0 radical (unpaired) electrons. The lowest BCUT2D eigenvalue weighted by molar-refractivity contribution is -0.128. The summed E-state index contributed by atoms with van der Waals surface area (Å²) in [7, 11) is 2.15. The first-order valence-electron chi connectivity index (χ1n) is 12.1. The standard InChI is InChI=1S/C17H29N3O.C7H13NO2.C2H4O/c1-14-16(15(2)21)8-6-9-17(14)19-11-7-13-20(3)12-5-4-10-18;1-3-4-6(2)7(10)8-5-9;1-2-3/h6,8-9,19H,4-5,7,10-13,18H2,1-3H3;5-6H,3-4H2,1-2H3,(H,8,9,10);2H,1H3. The SMILES string of the molecule is CC(=O)c1cccc(NCCCN(C)CCCCN)c1C.CC=O.CCCC(C)C(=O)NC=O. The van der Waals surface area contributed by atoms with Gasteiger partial charge in [0, 0.05) is 23.7 Å². The van der Waals surface area contributed by atoms with Gasteiger partial charge in [0.2, 0.25) is 12.3 Å². The lowest BCUT2D eigenvalue weighted by Gasteiger charge is -2.17. The number of unbranched alkanes of at least 4 members (excludes halogenated alkanes) is 1. The molecule has 0 heterocycles. The molecule has 0 aliphatic rings. The lowest BCUT2D eigenvalue weighted by Crippen LogP contribution is -2.27. The van der Waals surface area contributed by atoms with Crippen LogP contribution in [0.4, 0.5) is 5.69 Å². The minimum absolute atomic E-state index is 0.0461. The van der Waals surface area contributed by atoms with E-state index in [0.717, 1.165) is 75.0 Å². The van der Waals surface area contributed by atoms with Gasteiger partial charge in [-0.3, -0.25) is 19.7 Å². The van der Waals surface area contributed by atoms with Crippen molar-refractivity contribution in [1.29, 1.82) is 0 Å². The van der Waals surface area contributed by atoms with Crippen molar-refractivity contribution in [2.75, 3.05) is 38.5 Å². The predicted molar refractivity (Wildman–Crippen MR) is 140 cm³/mol. The van der Waals surface area contributed by atoms with Crippen molar-refractivity contribution in [2.45, 2.75) is 66.7 Å². The summed E-state index contributed by atoms with van der Waals surface area (Å²) in [5, 5.41) is 5.54. The molecular formula is C26H46N4O4. The van der Waals surface area contributed by atoms with Crippen LogP contribution in [-0.2, 0) is 14.4 Å². The van der Waals surface area contributed by atoms with Crippen LogP contribution in [0.1, 0.15) is 75.7 Å². The first-order chi connectivity index (χ1) is 16.2. The molecule has 0 saturated carbocycles. The number of anilines is 1. The molecule has 1 atom stereocenters. The monoisotopic (exact) mass is 478 g/mol. The molecule has 4 N–H and O–H groups in total. The van der Waals surface area contributed by atoms with E-state index < -0.39 is 0 Å². The van der Waals surface area contributed by atoms with E-state index in [2.05, 4.69) is 22.6 Å². The Hall–Kier alpha value is -2.58. The maximum atomic E-state index is 11.5. The van der Waals surface area contributed by atoms with Crippen LogP contribution in [0.25, 0.3) is 0 Å². The van der Waals surface area contributed by atoms with Crippen molar-refractivity contribution < 1.29 is 19.2 Å². The molecule has 0 aromatic heterocycles. The number of imide groups is 1. The topological polar surface area (TPSA) is 122 Å². The molecule has 8 nitrogen and oxygen atoms in total. The number of nitrogens with zero attached hydrogens (tertiary/aromatic N) is 1. The predicted octanol–water partition coefficient (Wildman–Crippen LogP) is 3.57. The average Bonchev–Trinajstić information content (AvgIpc) is 2.79. The fourth-order valence-corrected chi connectivity index (χ4v) is 3.18. The number of carbonyl (C=O) groups is 4. The smallest absolute Gasteiger partial charge is 0.229 e. The van der Waals surface area contributed by atoms with E-state index >= 15 is 0 Å². The molecule has 0 saturated heterocycles. The van der Waals surface area contributed by atoms with Crippen molar-refractivity contribution in [2.24, 2.45) is 11.7 Å². The van der Waals surface area contributed by atoms with E-state index in [4.69, 9.17) is 10.5 Å². The number of rotatable bonds is 14.